The maximum atomic E-state index is 12.2. The average Bonchev–Trinajstić information content (AvgIpc) is 3.34. The van der Waals surface area contributed by atoms with Gasteiger partial charge in [0.1, 0.15) is 11.7 Å². The van der Waals surface area contributed by atoms with Crippen molar-refractivity contribution >= 4 is 5.97 Å². The Morgan fingerprint density at radius 1 is 1.03 bits per heavy atom. The van der Waals surface area contributed by atoms with Crippen LogP contribution >= 0.6 is 0 Å². The number of epoxide rings is 1. The molecular weight excluding hydrogens is 420 g/mol. The van der Waals surface area contributed by atoms with Crippen LogP contribution in [0.15, 0.2) is 0 Å². The number of carbonyl (C=O) groups is 1. The molecule has 0 aromatic carbocycles. The summed E-state index contributed by atoms with van der Waals surface area (Å²) >= 11 is 0. The molecule has 1 aliphatic heterocycles. The Labute approximate surface area is 209 Å². The predicted octanol–water partition coefficient (Wildman–Crippen LogP) is 7.95. The molecule has 0 N–H and O–H groups in total. The number of esters is 1. The van der Waals surface area contributed by atoms with Gasteiger partial charge in [0.05, 0.1) is 6.10 Å². The maximum absolute atomic E-state index is 12.2. The molecule has 0 aromatic heterocycles. The van der Waals surface area contributed by atoms with E-state index in [1.807, 2.05) is 0 Å². The lowest BCUT2D eigenvalue weighted by Gasteiger charge is -2.59. The van der Waals surface area contributed by atoms with Gasteiger partial charge < -0.3 is 9.47 Å². The van der Waals surface area contributed by atoms with Gasteiger partial charge in [0.15, 0.2) is 0 Å². The molecule has 5 fully saturated rings. The lowest BCUT2D eigenvalue weighted by molar-refractivity contribution is -0.160. The normalized spacial score (nSPS) is 47.9. The second-order valence-electron chi connectivity index (χ2n) is 14.2. The van der Waals surface area contributed by atoms with E-state index in [0.717, 1.165) is 54.8 Å². The molecule has 0 unspecified atom stereocenters. The Balaban J connectivity index is 1.27. The van der Waals surface area contributed by atoms with Gasteiger partial charge in [0.2, 0.25) is 0 Å². The Kier molecular flexibility index (Phi) is 6.69. The van der Waals surface area contributed by atoms with Crippen molar-refractivity contribution in [3.63, 3.8) is 0 Å². The fourth-order valence-corrected chi connectivity index (χ4v) is 10.2. The topological polar surface area (TPSA) is 38.8 Å². The van der Waals surface area contributed by atoms with Crippen LogP contribution in [0, 0.1) is 46.3 Å². The zero-order valence-corrected chi connectivity index (χ0v) is 23.0. The summed E-state index contributed by atoms with van der Waals surface area (Å²) < 4.78 is 12.6. The van der Waals surface area contributed by atoms with Crippen LogP contribution in [0.3, 0.4) is 0 Å². The van der Waals surface area contributed by atoms with Crippen LogP contribution < -0.4 is 0 Å². The van der Waals surface area contributed by atoms with Gasteiger partial charge in [-0.15, -0.1) is 0 Å². The molecular formula is C31H52O3. The third-order valence-corrected chi connectivity index (χ3v) is 12.0. The largest absolute Gasteiger partial charge is 0.462 e. The summed E-state index contributed by atoms with van der Waals surface area (Å²) in [5.41, 5.74) is 0.812. The van der Waals surface area contributed by atoms with Crippen molar-refractivity contribution in [2.45, 2.75) is 143 Å². The van der Waals surface area contributed by atoms with Crippen molar-refractivity contribution in [3.05, 3.63) is 0 Å². The number of ether oxygens (including phenoxy) is 2. The molecule has 1 saturated heterocycles. The first-order chi connectivity index (χ1) is 16.1. The van der Waals surface area contributed by atoms with Crippen LogP contribution in [0.2, 0.25) is 0 Å². The summed E-state index contributed by atoms with van der Waals surface area (Å²) in [4.78, 5) is 12.2. The van der Waals surface area contributed by atoms with Crippen LogP contribution in [0.4, 0.5) is 0 Å². The van der Waals surface area contributed by atoms with Crippen LogP contribution in [0.1, 0.15) is 125 Å². The Morgan fingerprint density at radius 2 is 1.82 bits per heavy atom. The van der Waals surface area contributed by atoms with Crippen molar-refractivity contribution in [1.29, 1.82) is 0 Å². The number of carbonyl (C=O) groups excluding carboxylic acids is 1. The van der Waals surface area contributed by atoms with E-state index in [9.17, 15) is 4.79 Å². The third-order valence-electron chi connectivity index (χ3n) is 12.0. The lowest BCUT2D eigenvalue weighted by atomic mass is 9.44. The number of hydrogen-bond acceptors (Lipinski definition) is 3. The van der Waals surface area contributed by atoms with Crippen molar-refractivity contribution in [2.24, 2.45) is 46.3 Å². The van der Waals surface area contributed by atoms with E-state index >= 15 is 0 Å². The van der Waals surface area contributed by atoms with E-state index < -0.39 is 0 Å². The molecule has 194 valence electrons. The molecule has 0 radical (unpaired) electrons. The first-order valence-corrected chi connectivity index (χ1v) is 15.0. The molecule has 5 rings (SSSR count). The highest BCUT2D eigenvalue weighted by atomic mass is 16.6. The second kappa shape index (κ2) is 9.07. The van der Waals surface area contributed by atoms with Crippen molar-refractivity contribution in [3.8, 4) is 0 Å². The minimum Gasteiger partial charge on any atom is -0.462 e. The summed E-state index contributed by atoms with van der Waals surface area (Å²) in [6, 6.07) is 0. The van der Waals surface area contributed by atoms with E-state index in [1.54, 1.807) is 0 Å². The fraction of sp³-hybridized carbons (Fsp3) is 0.968. The van der Waals surface area contributed by atoms with Gasteiger partial charge in [-0.2, -0.15) is 0 Å². The maximum Gasteiger partial charge on any atom is 0.306 e. The SMILES string of the molecule is CCCC(=O)O[C@H]1CC[C@]2(C)[C@H]3CC[C@]4(C)[C@@H]([C@H](C)CCCC(C)C)CC[C@H]4[C@@H]3C[C@@H]3O[C@@]32C1. The molecule has 1 spiro atoms. The zero-order chi connectivity index (χ0) is 24.3. The van der Waals surface area contributed by atoms with Crippen molar-refractivity contribution in [2.75, 3.05) is 0 Å². The van der Waals surface area contributed by atoms with Crippen LogP contribution in [-0.2, 0) is 14.3 Å². The highest BCUT2D eigenvalue weighted by molar-refractivity contribution is 5.69. The monoisotopic (exact) mass is 472 g/mol. The Morgan fingerprint density at radius 3 is 2.56 bits per heavy atom. The summed E-state index contributed by atoms with van der Waals surface area (Å²) in [5.74, 6) is 5.15. The van der Waals surface area contributed by atoms with Gasteiger partial charge in [-0.3, -0.25) is 4.79 Å². The second-order valence-corrected chi connectivity index (χ2v) is 14.2. The van der Waals surface area contributed by atoms with Gasteiger partial charge in [-0.05, 0) is 92.3 Å². The lowest BCUT2D eigenvalue weighted by Crippen LogP contribution is -2.59. The number of rotatable bonds is 8. The zero-order valence-electron chi connectivity index (χ0n) is 23.0. The molecule has 34 heavy (non-hydrogen) atoms. The summed E-state index contributed by atoms with van der Waals surface area (Å²) in [6.07, 6.45) is 16.3. The van der Waals surface area contributed by atoms with E-state index in [2.05, 4.69) is 41.5 Å². The standard InChI is InChI=1S/C31H52O3/c1-7-9-28(32)33-22-14-17-30(6)26-15-16-29(5)24(21(4)11-8-10-20(2)3)12-13-25(29)23(26)18-27-31(30,19-22)34-27/h20-27H,7-19H2,1-6H3/t21-,22+,23+,24-,25+,26+,27+,29-,30-,31+/m1/s1. The Bertz CT molecular complexity index is 762. The first kappa shape index (κ1) is 25.1. The summed E-state index contributed by atoms with van der Waals surface area (Å²) in [5, 5.41) is 0. The van der Waals surface area contributed by atoms with Crippen molar-refractivity contribution in [1.82, 2.24) is 0 Å². The average molecular weight is 473 g/mol. The molecule has 4 aliphatic carbocycles. The quantitative estimate of drug-likeness (QED) is 0.266. The molecule has 5 aliphatic rings. The Hall–Kier alpha value is -0.570. The number of fused-ring (bicyclic) bond motifs is 4. The molecule has 3 nitrogen and oxygen atoms in total. The molecule has 0 amide bonds. The summed E-state index contributed by atoms with van der Waals surface area (Å²) in [6.45, 7) is 14.6. The first-order valence-electron chi connectivity index (χ1n) is 15.0. The molecule has 10 atom stereocenters. The van der Waals surface area contributed by atoms with Crippen LogP contribution in [0.25, 0.3) is 0 Å². The van der Waals surface area contributed by atoms with Crippen LogP contribution in [0.5, 0.6) is 0 Å². The van der Waals surface area contributed by atoms with E-state index in [1.165, 1.54) is 57.8 Å². The van der Waals surface area contributed by atoms with Crippen molar-refractivity contribution < 1.29 is 14.3 Å². The highest BCUT2D eigenvalue weighted by Crippen LogP contribution is 2.74. The third kappa shape index (κ3) is 3.90. The summed E-state index contributed by atoms with van der Waals surface area (Å²) in [7, 11) is 0. The molecule has 0 aromatic rings. The van der Waals surface area contributed by atoms with Crippen LogP contribution in [-0.4, -0.2) is 23.8 Å². The van der Waals surface area contributed by atoms with Gasteiger partial charge in [-0.1, -0.05) is 60.8 Å². The smallest absolute Gasteiger partial charge is 0.306 e. The molecule has 1 heterocycles. The predicted molar refractivity (Wildman–Crippen MR) is 137 cm³/mol. The molecule has 4 saturated carbocycles. The number of hydrogen-bond donors (Lipinski definition) is 0. The van der Waals surface area contributed by atoms with E-state index in [-0.39, 0.29) is 23.1 Å². The van der Waals surface area contributed by atoms with Gasteiger partial charge in [-0.25, -0.2) is 0 Å². The minimum atomic E-state index is -0.00802. The van der Waals surface area contributed by atoms with E-state index in [0.29, 0.717) is 17.9 Å². The van der Waals surface area contributed by atoms with Gasteiger partial charge >= 0.3 is 5.97 Å². The molecule has 3 heteroatoms. The fourth-order valence-electron chi connectivity index (χ4n) is 10.2. The van der Waals surface area contributed by atoms with E-state index in [4.69, 9.17) is 9.47 Å². The van der Waals surface area contributed by atoms with Gasteiger partial charge in [0, 0.05) is 18.3 Å². The van der Waals surface area contributed by atoms with Gasteiger partial charge in [0.25, 0.3) is 0 Å². The molecule has 0 bridgehead atoms. The highest BCUT2D eigenvalue weighted by Gasteiger charge is 2.76. The minimum absolute atomic E-state index is 0.000533.